The standard InChI is InChI=1S/C25H35N5O7/c1-4-14(2)21(24(35)29-18(25(36)37)12-16-8-6-5-7-9-16)30-22(33)15(3)27-20(32)13-26-23(34)17-10-11-19(31)28-17/h5-9,14-15,17-18,21H,4,10-13H2,1-3H3,(H,26,34)(H,27,32)(H,28,31)(H,29,35)(H,30,33)(H,36,37)/t14-,15-,17-,18-,21-/m0/s1. The summed E-state index contributed by atoms with van der Waals surface area (Å²) in [5.74, 6) is -4.16. The van der Waals surface area contributed by atoms with Crippen LogP contribution in [0.5, 0.6) is 0 Å². The van der Waals surface area contributed by atoms with Gasteiger partial charge in [-0.1, -0.05) is 50.6 Å². The number of hydrogen-bond donors (Lipinski definition) is 6. The highest BCUT2D eigenvalue weighted by atomic mass is 16.4. The van der Waals surface area contributed by atoms with Gasteiger partial charge in [0.2, 0.25) is 29.5 Å². The number of carboxylic acid groups (broad SMARTS) is 1. The summed E-state index contributed by atoms with van der Waals surface area (Å²) >= 11 is 0. The first-order chi connectivity index (χ1) is 17.5. The number of hydrogen-bond acceptors (Lipinski definition) is 6. The van der Waals surface area contributed by atoms with Crippen molar-refractivity contribution in [2.75, 3.05) is 6.54 Å². The number of carbonyl (C=O) groups is 6. The maximum absolute atomic E-state index is 13.0. The molecule has 1 fully saturated rings. The zero-order chi connectivity index (χ0) is 27.5. The number of benzene rings is 1. The molecule has 0 radical (unpaired) electrons. The van der Waals surface area contributed by atoms with E-state index in [4.69, 9.17) is 0 Å². The van der Waals surface area contributed by atoms with E-state index < -0.39 is 60.3 Å². The molecular formula is C25H35N5O7. The summed E-state index contributed by atoms with van der Waals surface area (Å²) in [5.41, 5.74) is 0.734. The second-order valence-electron chi connectivity index (χ2n) is 9.13. The van der Waals surface area contributed by atoms with Gasteiger partial charge in [0.25, 0.3) is 0 Å². The summed E-state index contributed by atoms with van der Waals surface area (Å²) in [4.78, 5) is 73.0. The first kappa shape index (κ1) is 29.3. The first-order valence-electron chi connectivity index (χ1n) is 12.3. The molecule has 1 aliphatic rings. The van der Waals surface area contributed by atoms with Gasteiger partial charge < -0.3 is 31.7 Å². The molecule has 0 aliphatic carbocycles. The number of carbonyl (C=O) groups excluding carboxylic acids is 5. The summed E-state index contributed by atoms with van der Waals surface area (Å²) in [6.45, 7) is 4.61. The van der Waals surface area contributed by atoms with Gasteiger partial charge in [-0.05, 0) is 24.8 Å². The Morgan fingerprint density at radius 2 is 1.70 bits per heavy atom. The van der Waals surface area contributed by atoms with Crippen LogP contribution in [0.4, 0.5) is 0 Å². The lowest BCUT2D eigenvalue weighted by Gasteiger charge is -2.27. The Hall–Kier alpha value is -3.96. The van der Waals surface area contributed by atoms with Crippen molar-refractivity contribution >= 4 is 35.5 Å². The minimum Gasteiger partial charge on any atom is -0.480 e. The van der Waals surface area contributed by atoms with Crippen LogP contribution in [0.3, 0.4) is 0 Å². The van der Waals surface area contributed by atoms with Crippen LogP contribution in [0.25, 0.3) is 0 Å². The van der Waals surface area contributed by atoms with Gasteiger partial charge in [0, 0.05) is 12.8 Å². The van der Waals surface area contributed by atoms with Gasteiger partial charge in [-0.2, -0.15) is 0 Å². The molecule has 0 spiro atoms. The lowest BCUT2D eigenvalue weighted by molar-refractivity contribution is -0.142. The maximum Gasteiger partial charge on any atom is 0.326 e. The lowest BCUT2D eigenvalue weighted by atomic mass is 9.97. The third-order valence-corrected chi connectivity index (χ3v) is 6.20. The first-order valence-corrected chi connectivity index (χ1v) is 12.3. The number of amides is 5. The lowest BCUT2D eigenvalue weighted by Crippen LogP contribution is -2.58. The van der Waals surface area contributed by atoms with Crippen molar-refractivity contribution in [3.63, 3.8) is 0 Å². The number of carboxylic acids is 1. The fourth-order valence-corrected chi connectivity index (χ4v) is 3.75. The van der Waals surface area contributed by atoms with Crippen LogP contribution in [-0.2, 0) is 35.2 Å². The smallest absolute Gasteiger partial charge is 0.326 e. The Morgan fingerprint density at radius 1 is 1.03 bits per heavy atom. The highest BCUT2D eigenvalue weighted by Gasteiger charge is 2.32. The Labute approximate surface area is 215 Å². The Kier molecular flexibility index (Phi) is 11.0. The predicted octanol–water partition coefficient (Wildman–Crippen LogP) is -0.771. The van der Waals surface area contributed by atoms with Gasteiger partial charge in [-0.3, -0.25) is 24.0 Å². The average molecular weight is 518 g/mol. The molecule has 202 valence electrons. The molecule has 0 unspecified atom stereocenters. The molecule has 0 bridgehead atoms. The van der Waals surface area contributed by atoms with Crippen LogP contribution >= 0.6 is 0 Å². The molecule has 2 rings (SSSR count). The van der Waals surface area contributed by atoms with Gasteiger partial charge in [-0.25, -0.2) is 4.79 Å². The van der Waals surface area contributed by atoms with Crippen LogP contribution in [0.15, 0.2) is 30.3 Å². The van der Waals surface area contributed by atoms with Gasteiger partial charge >= 0.3 is 5.97 Å². The zero-order valence-corrected chi connectivity index (χ0v) is 21.2. The number of rotatable bonds is 13. The average Bonchev–Trinajstić information content (AvgIpc) is 3.31. The van der Waals surface area contributed by atoms with Gasteiger partial charge in [-0.15, -0.1) is 0 Å². The van der Waals surface area contributed by atoms with Crippen molar-refractivity contribution in [2.45, 2.75) is 70.6 Å². The molecule has 6 N–H and O–H groups in total. The molecule has 1 saturated heterocycles. The minimum atomic E-state index is -1.20. The van der Waals surface area contributed by atoms with E-state index >= 15 is 0 Å². The highest BCUT2D eigenvalue weighted by Crippen LogP contribution is 2.10. The second kappa shape index (κ2) is 14.0. The Balaban J connectivity index is 1.92. The van der Waals surface area contributed by atoms with Crippen molar-refractivity contribution in [3.05, 3.63) is 35.9 Å². The predicted molar refractivity (Wildman–Crippen MR) is 133 cm³/mol. The molecule has 5 atom stereocenters. The normalized spacial score (nSPS) is 17.9. The van der Waals surface area contributed by atoms with Crippen LogP contribution < -0.4 is 26.6 Å². The van der Waals surface area contributed by atoms with Crippen molar-refractivity contribution in [2.24, 2.45) is 5.92 Å². The van der Waals surface area contributed by atoms with Crippen molar-refractivity contribution in [1.82, 2.24) is 26.6 Å². The molecule has 37 heavy (non-hydrogen) atoms. The second-order valence-corrected chi connectivity index (χ2v) is 9.13. The van der Waals surface area contributed by atoms with Crippen LogP contribution in [0.1, 0.15) is 45.6 Å². The Morgan fingerprint density at radius 3 is 2.27 bits per heavy atom. The van der Waals surface area contributed by atoms with E-state index in [1.54, 1.807) is 37.3 Å². The largest absolute Gasteiger partial charge is 0.480 e. The summed E-state index contributed by atoms with van der Waals surface area (Å²) in [6, 6.07) is 4.91. The van der Waals surface area contributed by atoms with Crippen molar-refractivity contribution in [3.8, 4) is 0 Å². The molecule has 0 aromatic heterocycles. The summed E-state index contributed by atoms with van der Waals surface area (Å²) in [7, 11) is 0. The van der Waals surface area contributed by atoms with Gasteiger partial charge in [0.1, 0.15) is 24.2 Å². The number of nitrogens with one attached hydrogen (secondary N) is 5. The van der Waals surface area contributed by atoms with E-state index in [0.717, 1.165) is 5.56 Å². The summed E-state index contributed by atoms with van der Waals surface area (Å²) in [5, 5.41) is 22.1. The van der Waals surface area contributed by atoms with Gasteiger partial charge in [0.05, 0.1) is 6.54 Å². The molecule has 12 nitrogen and oxygen atoms in total. The molecule has 12 heteroatoms. The zero-order valence-electron chi connectivity index (χ0n) is 21.2. The van der Waals surface area contributed by atoms with Crippen molar-refractivity contribution in [1.29, 1.82) is 0 Å². The van der Waals surface area contributed by atoms with E-state index in [9.17, 15) is 33.9 Å². The fourth-order valence-electron chi connectivity index (χ4n) is 3.75. The minimum absolute atomic E-state index is 0.0752. The van der Waals surface area contributed by atoms with E-state index in [-0.39, 0.29) is 24.7 Å². The SMILES string of the molecule is CC[C@H](C)[C@H](NC(=O)[C@H](C)NC(=O)CNC(=O)[C@@H]1CCC(=O)N1)C(=O)N[C@@H](Cc1ccccc1)C(=O)O. The van der Waals surface area contributed by atoms with E-state index in [2.05, 4.69) is 26.6 Å². The van der Waals surface area contributed by atoms with Crippen LogP contribution in [-0.4, -0.2) is 71.3 Å². The third-order valence-electron chi connectivity index (χ3n) is 6.20. The van der Waals surface area contributed by atoms with E-state index in [1.807, 2.05) is 6.92 Å². The molecule has 5 amide bonds. The molecule has 0 saturated carbocycles. The van der Waals surface area contributed by atoms with Crippen LogP contribution in [0, 0.1) is 5.92 Å². The van der Waals surface area contributed by atoms with Crippen molar-refractivity contribution < 1.29 is 33.9 Å². The summed E-state index contributed by atoms with van der Waals surface area (Å²) in [6.07, 6.45) is 1.19. The molecule has 1 heterocycles. The summed E-state index contributed by atoms with van der Waals surface area (Å²) < 4.78 is 0. The van der Waals surface area contributed by atoms with E-state index in [1.165, 1.54) is 6.92 Å². The monoisotopic (exact) mass is 517 g/mol. The number of aliphatic carboxylic acids is 1. The molecular weight excluding hydrogens is 482 g/mol. The molecule has 1 aromatic rings. The molecule has 1 aromatic carbocycles. The topological polar surface area (TPSA) is 183 Å². The quantitative estimate of drug-likeness (QED) is 0.198. The highest BCUT2D eigenvalue weighted by molar-refractivity contribution is 5.95. The third kappa shape index (κ3) is 9.21. The molecule has 1 aliphatic heterocycles. The Bertz CT molecular complexity index is 1000. The van der Waals surface area contributed by atoms with Gasteiger partial charge in [0.15, 0.2) is 0 Å². The van der Waals surface area contributed by atoms with Crippen LogP contribution in [0.2, 0.25) is 0 Å². The van der Waals surface area contributed by atoms with E-state index in [0.29, 0.717) is 12.8 Å². The maximum atomic E-state index is 13.0. The fraction of sp³-hybridized carbons (Fsp3) is 0.520.